The number of fused-ring (bicyclic) bond motifs is 1. The number of nitrogens with zero attached hydrogens (tertiary/aromatic N) is 3. The maximum absolute atomic E-state index is 13.0. The summed E-state index contributed by atoms with van der Waals surface area (Å²) < 4.78 is 32.9. The molecule has 0 radical (unpaired) electrons. The number of imidazole rings is 1. The van der Waals surface area contributed by atoms with Crippen molar-refractivity contribution in [2.75, 3.05) is 26.3 Å². The molecule has 3 aromatic rings. The van der Waals surface area contributed by atoms with Crippen LogP contribution in [0.15, 0.2) is 53.7 Å². The van der Waals surface area contributed by atoms with Crippen LogP contribution >= 0.6 is 11.8 Å². The molecule has 1 aromatic heterocycles. The van der Waals surface area contributed by atoms with Gasteiger partial charge in [-0.25, -0.2) is 4.98 Å². The van der Waals surface area contributed by atoms with Crippen molar-refractivity contribution >= 4 is 28.7 Å². The Labute approximate surface area is 183 Å². The molecule has 0 unspecified atom stereocenters. The van der Waals surface area contributed by atoms with Crippen LogP contribution in [0, 0.1) is 0 Å². The minimum Gasteiger partial charge on any atom is -0.379 e. The Morgan fingerprint density at radius 2 is 1.81 bits per heavy atom. The molecule has 4 rings (SSSR count). The Morgan fingerprint density at radius 1 is 1.10 bits per heavy atom. The number of carbonyl (C=O) groups excluding carboxylic acids is 1. The van der Waals surface area contributed by atoms with E-state index in [-0.39, 0.29) is 17.6 Å². The van der Waals surface area contributed by atoms with Gasteiger partial charge in [0.05, 0.1) is 24.2 Å². The molecular weight excluding hydrogens is 422 g/mol. The minimum atomic E-state index is -2.61. The fourth-order valence-electron chi connectivity index (χ4n) is 3.65. The normalized spacial score (nSPS) is 14.9. The first kappa shape index (κ1) is 21.7. The van der Waals surface area contributed by atoms with E-state index in [2.05, 4.69) is 21.3 Å². The second-order valence-corrected chi connectivity index (χ2v) is 8.24. The van der Waals surface area contributed by atoms with Crippen molar-refractivity contribution in [1.82, 2.24) is 19.8 Å². The lowest BCUT2D eigenvalue weighted by molar-refractivity contribution is -0.121. The number of para-hydroxylation sites is 2. The summed E-state index contributed by atoms with van der Waals surface area (Å²) in [6.07, 6.45) is 0. The van der Waals surface area contributed by atoms with E-state index in [0.717, 1.165) is 44.0 Å². The van der Waals surface area contributed by atoms with Crippen molar-refractivity contribution in [3.05, 3.63) is 59.7 Å². The molecule has 2 heterocycles. The summed E-state index contributed by atoms with van der Waals surface area (Å²) in [5.41, 5.74) is 3.45. The summed E-state index contributed by atoms with van der Waals surface area (Å²) in [5, 5.41) is 3.07. The molecule has 6 nitrogen and oxygen atoms in total. The molecular formula is C22H24F2N4O2S. The van der Waals surface area contributed by atoms with Gasteiger partial charge in [-0.15, -0.1) is 0 Å². The first-order valence-corrected chi connectivity index (χ1v) is 11.0. The highest BCUT2D eigenvalue weighted by atomic mass is 32.2. The molecule has 2 aromatic carbocycles. The second-order valence-electron chi connectivity index (χ2n) is 7.28. The SMILES string of the molecule is O=C(Cn1c(SC(F)F)nc2ccccc21)NCc1ccccc1CN1CCOCC1. The molecule has 1 amide bonds. The number of hydrogen-bond donors (Lipinski definition) is 1. The number of morpholine rings is 1. The van der Waals surface area contributed by atoms with Gasteiger partial charge in [0.2, 0.25) is 5.91 Å². The number of benzene rings is 2. The van der Waals surface area contributed by atoms with Crippen LogP contribution < -0.4 is 5.32 Å². The summed E-state index contributed by atoms with van der Waals surface area (Å²) >= 11 is 0.352. The number of rotatable bonds is 8. The number of hydrogen-bond acceptors (Lipinski definition) is 5. The lowest BCUT2D eigenvalue weighted by Crippen LogP contribution is -2.36. The molecule has 164 valence electrons. The predicted octanol–water partition coefficient (Wildman–Crippen LogP) is 3.50. The highest BCUT2D eigenvalue weighted by molar-refractivity contribution is 7.99. The maximum Gasteiger partial charge on any atom is 0.291 e. The van der Waals surface area contributed by atoms with Gasteiger partial charge in [0.15, 0.2) is 5.16 Å². The molecule has 0 aliphatic carbocycles. The van der Waals surface area contributed by atoms with Crippen LogP contribution in [-0.2, 0) is 29.2 Å². The first-order chi connectivity index (χ1) is 15.1. The number of ether oxygens (including phenoxy) is 1. The van der Waals surface area contributed by atoms with Gasteiger partial charge in [-0.1, -0.05) is 36.4 Å². The van der Waals surface area contributed by atoms with Gasteiger partial charge >= 0.3 is 0 Å². The third-order valence-electron chi connectivity index (χ3n) is 5.21. The van der Waals surface area contributed by atoms with Crippen molar-refractivity contribution < 1.29 is 18.3 Å². The second kappa shape index (κ2) is 10.2. The zero-order chi connectivity index (χ0) is 21.6. The van der Waals surface area contributed by atoms with Crippen LogP contribution in [0.5, 0.6) is 0 Å². The topological polar surface area (TPSA) is 59.4 Å². The van der Waals surface area contributed by atoms with Crippen LogP contribution in [0.3, 0.4) is 0 Å². The summed E-state index contributed by atoms with van der Waals surface area (Å²) in [6, 6.07) is 15.1. The van der Waals surface area contributed by atoms with E-state index >= 15 is 0 Å². The number of amides is 1. The number of nitrogens with one attached hydrogen (secondary N) is 1. The van der Waals surface area contributed by atoms with Crippen LogP contribution in [0.2, 0.25) is 0 Å². The Morgan fingerprint density at radius 3 is 2.58 bits per heavy atom. The standard InChI is InChI=1S/C22H24F2N4O2S/c23-21(24)31-22-26-18-7-3-4-8-19(18)28(22)15-20(29)25-13-16-5-1-2-6-17(16)14-27-9-11-30-12-10-27/h1-8,21H,9-15H2,(H,25,29). The monoisotopic (exact) mass is 446 g/mol. The van der Waals surface area contributed by atoms with Gasteiger partial charge in [0, 0.05) is 26.2 Å². The summed E-state index contributed by atoms with van der Waals surface area (Å²) in [6.45, 7) is 4.35. The molecule has 9 heteroatoms. The van der Waals surface area contributed by atoms with Crippen molar-refractivity contribution in [3.8, 4) is 0 Å². The first-order valence-electron chi connectivity index (χ1n) is 10.1. The van der Waals surface area contributed by atoms with E-state index in [0.29, 0.717) is 29.3 Å². The lowest BCUT2D eigenvalue weighted by Gasteiger charge is -2.27. The zero-order valence-electron chi connectivity index (χ0n) is 17.0. The van der Waals surface area contributed by atoms with Crippen molar-refractivity contribution in [2.45, 2.75) is 30.5 Å². The number of thioether (sulfide) groups is 1. The van der Waals surface area contributed by atoms with Crippen LogP contribution in [-0.4, -0.2) is 52.4 Å². The average molecular weight is 447 g/mol. The third-order valence-corrected chi connectivity index (χ3v) is 5.91. The van der Waals surface area contributed by atoms with Gasteiger partial charge < -0.3 is 14.6 Å². The Balaban J connectivity index is 1.43. The zero-order valence-corrected chi connectivity index (χ0v) is 17.8. The molecule has 31 heavy (non-hydrogen) atoms. The lowest BCUT2D eigenvalue weighted by atomic mass is 10.1. The average Bonchev–Trinajstić information content (AvgIpc) is 3.10. The fraction of sp³-hybridized carbons (Fsp3) is 0.364. The highest BCUT2D eigenvalue weighted by Gasteiger charge is 2.18. The molecule has 1 fully saturated rings. The molecule has 1 N–H and O–H groups in total. The van der Waals surface area contributed by atoms with Crippen LogP contribution in [0.25, 0.3) is 11.0 Å². The summed E-state index contributed by atoms with van der Waals surface area (Å²) in [5.74, 6) is -2.86. The molecule has 1 aliphatic rings. The van der Waals surface area contributed by atoms with Gasteiger partial charge in [0.25, 0.3) is 5.76 Å². The smallest absolute Gasteiger partial charge is 0.291 e. The van der Waals surface area contributed by atoms with Gasteiger partial charge in [-0.05, 0) is 35.0 Å². The highest BCUT2D eigenvalue weighted by Crippen LogP contribution is 2.28. The number of halogens is 2. The summed E-state index contributed by atoms with van der Waals surface area (Å²) in [4.78, 5) is 19.3. The Bertz CT molecular complexity index is 1040. The van der Waals surface area contributed by atoms with Crippen molar-refractivity contribution in [2.24, 2.45) is 0 Å². The Kier molecular flexibility index (Phi) is 7.16. The number of carbonyl (C=O) groups is 1. The largest absolute Gasteiger partial charge is 0.379 e. The number of aromatic nitrogens is 2. The molecule has 0 saturated carbocycles. The fourth-order valence-corrected chi connectivity index (χ4v) is 4.25. The van der Waals surface area contributed by atoms with Gasteiger partial charge in [0.1, 0.15) is 6.54 Å². The van der Waals surface area contributed by atoms with Crippen molar-refractivity contribution in [1.29, 1.82) is 0 Å². The predicted molar refractivity (Wildman–Crippen MR) is 116 cm³/mol. The van der Waals surface area contributed by atoms with E-state index in [4.69, 9.17) is 4.74 Å². The molecule has 0 atom stereocenters. The molecule has 1 saturated heterocycles. The quantitative estimate of drug-likeness (QED) is 0.537. The van der Waals surface area contributed by atoms with Crippen molar-refractivity contribution in [3.63, 3.8) is 0 Å². The van der Waals surface area contributed by atoms with E-state index in [1.807, 2.05) is 18.2 Å². The molecule has 0 bridgehead atoms. The van der Waals surface area contributed by atoms with E-state index < -0.39 is 5.76 Å². The maximum atomic E-state index is 13.0. The van der Waals surface area contributed by atoms with E-state index in [1.54, 1.807) is 28.8 Å². The summed E-state index contributed by atoms with van der Waals surface area (Å²) in [7, 11) is 0. The van der Waals surface area contributed by atoms with Gasteiger partial charge in [-0.3, -0.25) is 9.69 Å². The Hall–Kier alpha value is -2.49. The molecule has 1 aliphatic heterocycles. The minimum absolute atomic E-state index is 0.0683. The third kappa shape index (κ3) is 5.61. The molecule has 0 spiro atoms. The van der Waals surface area contributed by atoms with Crippen LogP contribution in [0.1, 0.15) is 11.1 Å². The van der Waals surface area contributed by atoms with Gasteiger partial charge in [-0.2, -0.15) is 8.78 Å². The van der Waals surface area contributed by atoms with E-state index in [9.17, 15) is 13.6 Å². The van der Waals surface area contributed by atoms with Crippen LogP contribution in [0.4, 0.5) is 8.78 Å². The number of alkyl halides is 2. The van der Waals surface area contributed by atoms with E-state index in [1.165, 1.54) is 0 Å².